The van der Waals surface area contributed by atoms with Crippen LogP contribution in [0.2, 0.25) is 0 Å². The van der Waals surface area contributed by atoms with Crippen molar-refractivity contribution in [1.82, 2.24) is 0 Å². The Hall–Kier alpha value is -1.93. The van der Waals surface area contributed by atoms with E-state index in [9.17, 15) is 17.6 Å². The topological polar surface area (TPSA) is 83.5 Å². The summed E-state index contributed by atoms with van der Waals surface area (Å²) in [5.41, 5.74) is -0.152. The van der Waals surface area contributed by atoms with Gasteiger partial charge in [0.25, 0.3) is 10.0 Å². The molecule has 106 valence electrons. The lowest BCUT2D eigenvalue weighted by molar-refractivity contribution is -0.136. The summed E-state index contributed by atoms with van der Waals surface area (Å²) in [6.07, 6.45) is -0.250. The predicted molar refractivity (Wildman–Crippen MR) is 72.9 cm³/mol. The first-order valence-corrected chi connectivity index (χ1v) is 7.76. The molecule has 8 heteroatoms. The van der Waals surface area contributed by atoms with E-state index in [1.54, 1.807) is 0 Å². The van der Waals surface area contributed by atoms with Crippen molar-refractivity contribution < 1.29 is 22.7 Å². The number of nitrogens with one attached hydrogen (secondary N) is 1. The molecule has 1 heterocycles. The van der Waals surface area contributed by atoms with Crippen molar-refractivity contribution in [1.29, 1.82) is 0 Å². The van der Waals surface area contributed by atoms with Gasteiger partial charge in [0.1, 0.15) is 10.0 Å². The number of anilines is 1. The Balaban J connectivity index is 2.25. The highest BCUT2D eigenvalue weighted by Gasteiger charge is 2.19. The number of carboxylic acid groups (broad SMARTS) is 1. The summed E-state index contributed by atoms with van der Waals surface area (Å²) in [7, 11) is -3.92. The number of halogens is 1. The van der Waals surface area contributed by atoms with Gasteiger partial charge in [0.15, 0.2) is 0 Å². The van der Waals surface area contributed by atoms with Gasteiger partial charge in [0.05, 0.1) is 12.1 Å². The summed E-state index contributed by atoms with van der Waals surface area (Å²) in [6.45, 7) is 0. The number of carbonyl (C=O) groups is 1. The average molecular weight is 315 g/mol. The molecule has 1 aromatic carbocycles. The molecule has 0 aliphatic rings. The molecule has 0 aliphatic heterocycles. The van der Waals surface area contributed by atoms with Crippen LogP contribution in [-0.2, 0) is 21.2 Å². The number of sulfonamides is 1. The number of aliphatic carboxylic acids is 1. The first-order valence-electron chi connectivity index (χ1n) is 5.46. The largest absolute Gasteiger partial charge is 0.481 e. The van der Waals surface area contributed by atoms with Crippen molar-refractivity contribution in [2.45, 2.75) is 10.6 Å². The van der Waals surface area contributed by atoms with Crippen LogP contribution in [0.1, 0.15) is 4.88 Å². The van der Waals surface area contributed by atoms with Gasteiger partial charge in [0.2, 0.25) is 0 Å². The van der Waals surface area contributed by atoms with Gasteiger partial charge in [-0.05, 0) is 24.3 Å². The highest BCUT2D eigenvalue weighted by Crippen LogP contribution is 2.25. The first kappa shape index (κ1) is 14.5. The molecular weight excluding hydrogens is 305 g/mol. The first-order chi connectivity index (χ1) is 9.38. The Kier molecular flexibility index (Phi) is 4.05. The summed E-state index contributed by atoms with van der Waals surface area (Å²) in [5.74, 6) is -1.73. The summed E-state index contributed by atoms with van der Waals surface area (Å²) in [4.78, 5) is 11.0. The van der Waals surface area contributed by atoms with Gasteiger partial charge >= 0.3 is 5.97 Å². The quantitative estimate of drug-likeness (QED) is 0.887. The zero-order chi connectivity index (χ0) is 14.8. The number of hydrogen-bond acceptors (Lipinski definition) is 4. The van der Waals surface area contributed by atoms with E-state index in [1.165, 1.54) is 30.3 Å². The minimum Gasteiger partial charge on any atom is -0.481 e. The van der Waals surface area contributed by atoms with Crippen molar-refractivity contribution in [2.75, 3.05) is 4.72 Å². The highest BCUT2D eigenvalue weighted by molar-refractivity contribution is 7.94. The number of thiophene rings is 1. The molecule has 2 rings (SSSR count). The van der Waals surface area contributed by atoms with E-state index >= 15 is 0 Å². The van der Waals surface area contributed by atoms with Crippen LogP contribution < -0.4 is 4.72 Å². The van der Waals surface area contributed by atoms with Gasteiger partial charge in [0, 0.05) is 4.88 Å². The second-order valence-electron chi connectivity index (χ2n) is 3.88. The molecule has 0 bridgehead atoms. The van der Waals surface area contributed by atoms with Crippen molar-refractivity contribution in [3.8, 4) is 0 Å². The van der Waals surface area contributed by atoms with Gasteiger partial charge in [-0.2, -0.15) is 0 Å². The standard InChI is InChI=1S/C12H10FNO4S2/c13-9-3-1-2-4-10(9)14-20(17,18)12-6-5-8(19-12)7-11(15)16/h1-6,14H,7H2,(H,15,16). The molecular formula is C12H10FNO4S2. The van der Waals surface area contributed by atoms with Crippen LogP contribution in [0.15, 0.2) is 40.6 Å². The smallest absolute Gasteiger partial charge is 0.308 e. The number of carboxylic acids is 1. The highest BCUT2D eigenvalue weighted by atomic mass is 32.2. The number of hydrogen-bond donors (Lipinski definition) is 2. The molecule has 0 saturated heterocycles. The normalized spacial score (nSPS) is 11.2. The van der Waals surface area contributed by atoms with Crippen LogP contribution in [0.3, 0.4) is 0 Å². The van der Waals surface area contributed by atoms with Crippen LogP contribution in [0, 0.1) is 5.82 Å². The summed E-state index contributed by atoms with van der Waals surface area (Å²) >= 11 is 0.840. The molecule has 1 aromatic heterocycles. The molecule has 2 N–H and O–H groups in total. The SMILES string of the molecule is O=C(O)Cc1ccc(S(=O)(=O)Nc2ccccc2F)s1. The van der Waals surface area contributed by atoms with E-state index in [-0.39, 0.29) is 16.3 Å². The lowest BCUT2D eigenvalue weighted by Gasteiger charge is -2.06. The zero-order valence-corrected chi connectivity index (χ0v) is 11.7. The van der Waals surface area contributed by atoms with Gasteiger partial charge in [-0.15, -0.1) is 11.3 Å². The van der Waals surface area contributed by atoms with Gasteiger partial charge in [-0.25, -0.2) is 12.8 Å². The van der Waals surface area contributed by atoms with Crippen LogP contribution in [0.4, 0.5) is 10.1 Å². The Bertz CT molecular complexity index is 739. The van der Waals surface area contributed by atoms with Crippen LogP contribution in [0.25, 0.3) is 0 Å². The molecule has 20 heavy (non-hydrogen) atoms. The van der Waals surface area contributed by atoms with Gasteiger partial charge < -0.3 is 5.11 Å². The lowest BCUT2D eigenvalue weighted by Crippen LogP contribution is -2.12. The van der Waals surface area contributed by atoms with Crippen molar-refractivity contribution in [3.05, 3.63) is 47.1 Å². The molecule has 0 spiro atoms. The van der Waals surface area contributed by atoms with E-state index in [2.05, 4.69) is 4.72 Å². The van der Waals surface area contributed by atoms with Gasteiger partial charge in [-0.1, -0.05) is 12.1 Å². The Morgan fingerprint density at radius 1 is 1.25 bits per heavy atom. The molecule has 0 saturated carbocycles. The van der Waals surface area contributed by atoms with Crippen LogP contribution in [0.5, 0.6) is 0 Å². The third-order valence-corrected chi connectivity index (χ3v) is 5.29. The zero-order valence-electron chi connectivity index (χ0n) is 10.0. The Labute approximate surface area is 118 Å². The summed E-state index contributed by atoms with van der Waals surface area (Å²) in [6, 6.07) is 8.12. The maximum Gasteiger partial charge on any atom is 0.308 e. The predicted octanol–water partition coefficient (Wildman–Crippen LogP) is 2.32. The molecule has 0 fully saturated rings. The third kappa shape index (κ3) is 3.34. The second-order valence-corrected chi connectivity index (χ2v) is 6.95. The molecule has 5 nitrogen and oxygen atoms in total. The van der Waals surface area contributed by atoms with Crippen molar-refractivity contribution in [3.63, 3.8) is 0 Å². The fourth-order valence-corrected chi connectivity index (χ4v) is 3.90. The summed E-state index contributed by atoms with van der Waals surface area (Å²) in [5, 5.41) is 8.64. The number of benzene rings is 1. The van der Waals surface area contributed by atoms with Crippen molar-refractivity contribution >= 4 is 33.0 Å². The van der Waals surface area contributed by atoms with Gasteiger partial charge in [-0.3, -0.25) is 9.52 Å². The van der Waals surface area contributed by atoms with E-state index in [4.69, 9.17) is 5.11 Å². The van der Waals surface area contributed by atoms with Crippen LogP contribution >= 0.6 is 11.3 Å². The van der Waals surface area contributed by atoms with E-state index in [0.717, 1.165) is 17.4 Å². The minimum absolute atomic E-state index is 0.0583. The maximum absolute atomic E-state index is 13.4. The fourth-order valence-electron chi connectivity index (χ4n) is 1.49. The third-order valence-electron chi connectivity index (χ3n) is 2.35. The average Bonchev–Trinajstić information content (AvgIpc) is 2.80. The molecule has 0 radical (unpaired) electrons. The summed E-state index contributed by atoms with van der Waals surface area (Å²) < 4.78 is 39.6. The fraction of sp³-hybridized carbons (Fsp3) is 0.0833. The molecule has 0 aliphatic carbocycles. The van der Waals surface area contributed by atoms with E-state index < -0.39 is 21.8 Å². The Morgan fingerprint density at radius 3 is 2.60 bits per heavy atom. The lowest BCUT2D eigenvalue weighted by atomic mass is 10.3. The monoisotopic (exact) mass is 315 g/mol. The van der Waals surface area contributed by atoms with Crippen LogP contribution in [-0.4, -0.2) is 19.5 Å². The molecule has 0 unspecified atom stereocenters. The van der Waals surface area contributed by atoms with Crippen molar-refractivity contribution in [2.24, 2.45) is 0 Å². The molecule has 2 aromatic rings. The molecule has 0 amide bonds. The molecule has 0 atom stereocenters. The number of para-hydroxylation sites is 1. The van der Waals surface area contributed by atoms with E-state index in [0.29, 0.717) is 4.88 Å². The minimum atomic E-state index is -3.92. The number of rotatable bonds is 5. The Morgan fingerprint density at radius 2 is 1.95 bits per heavy atom. The second kappa shape index (κ2) is 5.59. The maximum atomic E-state index is 13.4. The van der Waals surface area contributed by atoms with E-state index in [1.807, 2.05) is 0 Å².